The highest BCUT2D eigenvalue weighted by molar-refractivity contribution is 5.95. The van der Waals surface area contributed by atoms with Gasteiger partial charge in [-0.3, -0.25) is 4.90 Å². The molecule has 1 N–H and O–H groups in total. The van der Waals surface area contributed by atoms with Crippen LogP contribution in [0.25, 0.3) is 0 Å². The van der Waals surface area contributed by atoms with Crippen molar-refractivity contribution in [3.63, 3.8) is 0 Å². The Morgan fingerprint density at radius 2 is 1.95 bits per heavy atom. The maximum atomic E-state index is 12.4. The summed E-state index contributed by atoms with van der Waals surface area (Å²) in [5.41, 5.74) is -0.305. The highest BCUT2D eigenvalue weighted by atomic mass is 16.6. The fraction of sp³-hybridized carbons (Fsp3) is 0.500. The third-order valence-electron chi connectivity index (χ3n) is 2.74. The molecule has 1 atom stereocenters. The predicted molar refractivity (Wildman–Crippen MR) is 83.4 cm³/mol. The Kier molecular flexibility index (Phi) is 5.79. The summed E-state index contributed by atoms with van der Waals surface area (Å²) in [7, 11) is 0. The van der Waals surface area contributed by atoms with E-state index < -0.39 is 23.7 Å². The highest BCUT2D eigenvalue weighted by Crippen LogP contribution is 2.25. The van der Waals surface area contributed by atoms with Gasteiger partial charge in [0.1, 0.15) is 17.4 Å². The molecule has 0 saturated carbocycles. The molecule has 0 saturated heterocycles. The van der Waals surface area contributed by atoms with E-state index in [4.69, 9.17) is 9.47 Å². The summed E-state index contributed by atoms with van der Waals surface area (Å²) < 4.78 is 10.7. The Morgan fingerprint density at radius 3 is 2.45 bits per heavy atom. The number of carbonyl (C=O) groups excluding carboxylic acids is 1. The van der Waals surface area contributed by atoms with Gasteiger partial charge in [0.05, 0.1) is 12.3 Å². The van der Waals surface area contributed by atoms with Crippen LogP contribution < -0.4 is 9.64 Å². The lowest BCUT2D eigenvalue weighted by atomic mass is 10.2. The molecular weight excluding hydrogens is 286 g/mol. The van der Waals surface area contributed by atoms with Crippen LogP contribution >= 0.6 is 0 Å². The molecule has 6 nitrogen and oxygen atoms in total. The average molecular weight is 309 g/mol. The van der Waals surface area contributed by atoms with Crippen LogP contribution in [0.5, 0.6) is 5.75 Å². The Balaban J connectivity index is 3.17. The molecule has 0 radical (unpaired) electrons. The number of carbonyl (C=O) groups is 2. The van der Waals surface area contributed by atoms with Crippen molar-refractivity contribution in [2.75, 3.05) is 11.5 Å². The normalized spacial score (nSPS) is 12.4. The Bertz CT molecular complexity index is 536. The van der Waals surface area contributed by atoms with Crippen molar-refractivity contribution < 1.29 is 24.2 Å². The summed E-state index contributed by atoms with van der Waals surface area (Å²) in [5, 5.41) is 9.25. The molecule has 0 aliphatic rings. The minimum Gasteiger partial charge on any atom is -0.494 e. The number of carboxylic acid groups (broad SMARTS) is 1. The Hall–Kier alpha value is -2.24. The van der Waals surface area contributed by atoms with Crippen molar-refractivity contribution in [3.05, 3.63) is 24.3 Å². The lowest BCUT2D eigenvalue weighted by molar-refractivity contribution is -0.138. The van der Waals surface area contributed by atoms with Crippen LogP contribution in [0.2, 0.25) is 0 Å². The smallest absolute Gasteiger partial charge is 0.415 e. The minimum atomic E-state index is -1.12. The van der Waals surface area contributed by atoms with Crippen LogP contribution in [0.1, 0.15) is 34.6 Å². The third-order valence-corrected chi connectivity index (χ3v) is 2.74. The van der Waals surface area contributed by atoms with E-state index in [9.17, 15) is 14.7 Å². The van der Waals surface area contributed by atoms with Gasteiger partial charge in [0, 0.05) is 6.07 Å². The predicted octanol–water partition coefficient (Wildman–Crippen LogP) is 3.30. The zero-order valence-corrected chi connectivity index (χ0v) is 13.6. The maximum absolute atomic E-state index is 12.4. The van der Waals surface area contributed by atoms with Gasteiger partial charge in [-0.05, 0) is 46.8 Å². The fourth-order valence-electron chi connectivity index (χ4n) is 1.80. The highest BCUT2D eigenvalue weighted by Gasteiger charge is 2.31. The van der Waals surface area contributed by atoms with Crippen molar-refractivity contribution in [1.29, 1.82) is 0 Å². The van der Waals surface area contributed by atoms with Crippen molar-refractivity contribution >= 4 is 17.7 Å². The molecule has 122 valence electrons. The van der Waals surface area contributed by atoms with E-state index in [-0.39, 0.29) is 0 Å². The van der Waals surface area contributed by atoms with E-state index >= 15 is 0 Å². The first-order valence-electron chi connectivity index (χ1n) is 7.13. The molecule has 1 amide bonds. The van der Waals surface area contributed by atoms with Crippen LogP contribution in [0.3, 0.4) is 0 Å². The summed E-state index contributed by atoms with van der Waals surface area (Å²) >= 11 is 0. The van der Waals surface area contributed by atoms with Crippen LogP contribution in [0.15, 0.2) is 24.3 Å². The second-order valence-electron chi connectivity index (χ2n) is 5.79. The molecule has 0 unspecified atom stereocenters. The zero-order chi connectivity index (χ0) is 16.9. The van der Waals surface area contributed by atoms with Gasteiger partial charge in [0.25, 0.3) is 0 Å². The molecular formula is C16H23NO5. The van der Waals surface area contributed by atoms with E-state index in [0.29, 0.717) is 18.0 Å². The van der Waals surface area contributed by atoms with Gasteiger partial charge in [0.2, 0.25) is 0 Å². The molecule has 0 heterocycles. The molecule has 0 fully saturated rings. The standard InChI is InChI=1S/C16H23NO5/c1-6-21-13-9-7-8-12(10-13)17(11(2)14(18)19)15(20)22-16(3,4)5/h7-11H,6H2,1-5H3,(H,18,19)/t11-/m1/s1. The lowest BCUT2D eigenvalue weighted by Gasteiger charge is -2.30. The monoisotopic (exact) mass is 309 g/mol. The summed E-state index contributed by atoms with van der Waals surface area (Å²) in [6.07, 6.45) is -0.712. The van der Waals surface area contributed by atoms with E-state index in [1.165, 1.54) is 6.92 Å². The van der Waals surface area contributed by atoms with Gasteiger partial charge in [-0.2, -0.15) is 0 Å². The number of aliphatic carboxylic acids is 1. The number of ether oxygens (including phenoxy) is 2. The first kappa shape index (κ1) is 17.8. The maximum Gasteiger partial charge on any atom is 0.415 e. The zero-order valence-electron chi connectivity index (χ0n) is 13.6. The molecule has 0 aromatic heterocycles. The number of amides is 1. The molecule has 1 aromatic carbocycles. The van der Waals surface area contributed by atoms with E-state index in [2.05, 4.69) is 0 Å². The Labute approximate surface area is 130 Å². The number of anilines is 1. The van der Waals surface area contributed by atoms with Crippen LogP contribution in [-0.4, -0.2) is 35.4 Å². The quantitative estimate of drug-likeness (QED) is 0.903. The first-order valence-corrected chi connectivity index (χ1v) is 7.13. The van der Waals surface area contributed by atoms with Crippen molar-refractivity contribution in [1.82, 2.24) is 0 Å². The Morgan fingerprint density at radius 1 is 1.32 bits per heavy atom. The van der Waals surface area contributed by atoms with E-state index in [1.807, 2.05) is 6.92 Å². The third kappa shape index (κ3) is 4.95. The first-order chi connectivity index (χ1) is 10.2. The van der Waals surface area contributed by atoms with Crippen molar-refractivity contribution in [2.24, 2.45) is 0 Å². The van der Waals surface area contributed by atoms with Crippen LogP contribution in [0.4, 0.5) is 10.5 Å². The summed E-state index contributed by atoms with van der Waals surface area (Å²) in [5.74, 6) is -0.557. The second-order valence-corrected chi connectivity index (χ2v) is 5.79. The molecule has 0 aliphatic heterocycles. The van der Waals surface area contributed by atoms with Crippen LogP contribution in [0, 0.1) is 0 Å². The lowest BCUT2D eigenvalue weighted by Crippen LogP contribution is -2.46. The van der Waals surface area contributed by atoms with Crippen molar-refractivity contribution in [2.45, 2.75) is 46.3 Å². The largest absolute Gasteiger partial charge is 0.494 e. The number of rotatable bonds is 5. The summed E-state index contributed by atoms with van der Waals surface area (Å²) in [6.45, 7) is 8.93. The van der Waals surface area contributed by atoms with Gasteiger partial charge in [-0.25, -0.2) is 9.59 Å². The van der Waals surface area contributed by atoms with Gasteiger partial charge in [-0.1, -0.05) is 6.07 Å². The molecule has 1 rings (SSSR count). The number of benzene rings is 1. The van der Waals surface area contributed by atoms with Crippen LogP contribution in [-0.2, 0) is 9.53 Å². The van der Waals surface area contributed by atoms with Gasteiger partial charge in [0.15, 0.2) is 0 Å². The minimum absolute atomic E-state index is 0.412. The molecule has 0 aliphatic carbocycles. The molecule has 1 aromatic rings. The van der Waals surface area contributed by atoms with Gasteiger partial charge in [-0.15, -0.1) is 0 Å². The summed E-state index contributed by atoms with van der Waals surface area (Å²) in [4.78, 5) is 24.8. The number of nitrogens with zero attached hydrogens (tertiary/aromatic N) is 1. The second kappa shape index (κ2) is 7.15. The topological polar surface area (TPSA) is 76.1 Å². The fourth-order valence-corrected chi connectivity index (χ4v) is 1.80. The van der Waals surface area contributed by atoms with Gasteiger partial charge < -0.3 is 14.6 Å². The number of hydrogen-bond donors (Lipinski definition) is 1. The number of carboxylic acids is 1. The van der Waals surface area contributed by atoms with E-state index in [1.54, 1.807) is 45.0 Å². The van der Waals surface area contributed by atoms with E-state index in [0.717, 1.165) is 4.90 Å². The average Bonchev–Trinajstić information content (AvgIpc) is 2.37. The van der Waals surface area contributed by atoms with Gasteiger partial charge >= 0.3 is 12.1 Å². The molecule has 6 heteroatoms. The molecule has 22 heavy (non-hydrogen) atoms. The molecule has 0 bridgehead atoms. The number of hydrogen-bond acceptors (Lipinski definition) is 4. The molecule has 0 spiro atoms. The SMILES string of the molecule is CCOc1cccc(N(C(=O)OC(C)(C)C)[C@H](C)C(=O)O)c1. The van der Waals surface area contributed by atoms with Crippen molar-refractivity contribution in [3.8, 4) is 5.75 Å². The summed E-state index contributed by atoms with van der Waals surface area (Å²) in [6, 6.07) is 5.64.